The van der Waals surface area contributed by atoms with Crippen LogP contribution in [0.15, 0.2) is 12.2 Å². The van der Waals surface area contributed by atoms with Crippen molar-refractivity contribution in [2.24, 2.45) is 0 Å². The summed E-state index contributed by atoms with van der Waals surface area (Å²) in [6.07, 6.45) is 4.57. The van der Waals surface area contributed by atoms with Crippen LogP contribution in [-0.4, -0.2) is 11.0 Å². The van der Waals surface area contributed by atoms with Crippen molar-refractivity contribution in [3.63, 3.8) is 0 Å². The zero-order valence-electron chi connectivity index (χ0n) is 4.30. The van der Waals surface area contributed by atoms with Crippen molar-refractivity contribution in [2.75, 3.05) is 6.61 Å². The first kappa shape index (κ1) is 6.46. The second-order valence-electron chi connectivity index (χ2n) is 1.68. The van der Waals surface area contributed by atoms with Crippen LogP contribution in [0.3, 0.4) is 0 Å². The minimum absolute atomic E-state index is 0.576. The van der Waals surface area contributed by atoms with Gasteiger partial charge in [0.25, 0.3) is 0 Å². The Kier molecular flexibility index (Phi) is 1.85. The molecule has 0 amide bonds. The van der Waals surface area contributed by atoms with E-state index in [-0.39, 0.29) is 0 Å². The zero-order valence-corrected chi connectivity index (χ0v) is 5.95. The van der Waals surface area contributed by atoms with Gasteiger partial charge in [-0.2, -0.15) is 0 Å². The first-order chi connectivity index (χ1) is 3.71. The molecule has 0 aromatic carbocycles. The molecule has 0 saturated carbocycles. The van der Waals surface area contributed by atoms with Crippen molar-refractivity contribution >= 4 is 24.2 Å². The normalized spacial score (nSPS) is 37.8. The maximum Gasteiger partial charge on any atom is 0.189 e. The van der Waals surface area contributed by atoms with Crippen LogP contribution in [0.5, 0.6) is 0 Å². The van der Waals surface area contributed by atoms with Crippen molar-refractivity contribution in [2.45, 2.75) is 10.8 Å². The van der Waals surface area contributed by atoms with Crippen LogP contribution in [0.25, 0.3) is 0 Å². The van der Waals surface area contributed by atoms with Gasteiger partial charge < -0.3 is 4.74 Å². The van der Waals surface area contributed by atoms with Crippen LogP contribution in [0.4, 0.5) is 0 Å². The van der Waals surface area contributed by atoms with E-state index < -0.39 is 4.39 Å². The SMILES string of the molecule is SC1(Cl)CC=CCO1. The van der Waals surface area contributed by atoms with Gasteiger partial charge in [-0.3, -0.25) is 0 Å². The second-order valence-corrected chi connectivity index (χ2v) is 3.27. The number of alkyl halides is 1. The molecule has 46 valence electrons. The Morgan fingerprint density at radius 2 is 2.38 bits per heavy atom. The van der Waals surface area contributed by atoms with Crippen LogP contribution in [0.2, 0.25) is 0 Å². The summed E-state index contributed by atoms with van der Waals surface area (Å²) in [5.74, 6) is 0. The molecule has 1 aliphatic heterocycles. The molecule has 0 saturated heterocycles. The summed E-state index contributed by atoms with van der Waals surface area (Å²) in [4.78, 5) is 0. The number of halogens is 1. The van der Waals surface area contributed by atoms with Crippen molar-refractivity contribution in [3.8, 4) is 0 Å². The van der Waals surface area contributed by atoms with Crippen LogP contribution in [-0.2, 0) is 4.74 Å². The fraction of sp³-hybridized carbons (Fsp3) is 0.600. The molecule has 0 N–H and O–H groups in total. The average Bonchev–Trinajstić information content (AvgIpc) is 1.65. The molecule has 1 rings (SSSR count). The number of hydrogen-bond donors (Lipinski definition) is 1. The van der Waals surface area contributed by atoms with Crippen LogP contribution >= 0.6 is 24.2 Å². The standard InChI is InChI=1S/C5H7ClOS/c6-5(8)3-1-2-4-7-5/h1-2,8H,3-4H2. The Morgan fingerprint density at radius 3 is 2.62 bits per heavy atom. The van der Waals surface area contributed by atoms with Crippen LogP contribution in [0, 0.1) is 0 Å². The highest BCUT2D eigenvalue weighted by Gasteiger charge is 2.22. The van der Waals surface area contributed by atoms with Crippen molar-refractivity contribution in [3.05, 3.63) is 12.2 Å². The van der Waals surface area contributed by atoms with Gasteiger partial charge >= 0.3 is 0 Å². The van der Waals surface area contributed by atoms with Crippen molar-refractivity contribution in [1.29, 1.82) is 0 Å². The van der Waals surface area contributed by atoms with Gasteiger partial charge in [-0.25, -0.2) is 0 Å². The molecule has 0 bridgehead atoms. The number of rotatable bonds is 0. The Morgan fingerprint density at radius 1 is 1.62 bits per heavy atom. The minimum atomic E-state index is -0.741. The highest BCUT2D eigenvalue weighted by Crippen LogP contribution is 2.28. The predicted octanol–water partition coefficient (Wildman–Crippen LogP) is 1.79. The van der Waals surface area contributed by atoms with E-state index in [2.05, 4.69) is 12.6 Å². The summed E-state index contributed by atoms with van der Waals surface area (Å²) in [5.41, 5.74) is 0. The molecular formula is C5H7ClOS. The third kappa shape index (κ3) is 1.69. The first-order valence-electron chi connectivity index (χ1n) is 2.41. The van der Waals surface area contributed by atoms with E-state index in [9.17, 15) is 0 Å². The molecule has 0 aromatic heterocycles. The lowest BCUT2D eigenvalue weighted by molar-refractivity contribution is 0.103. The molecular weight excluding hydrogens is 144 g/mol. The monoisotopic (exact) mass is 150 g/mol. The molecule has 0 aliphatic carbocycles. The lowest BCUT2D eigenvalue weighted by Gasteiger charge is -2.21. The summed E-state index contributed by atoms with van der Waals surface area (Å²) < 4.78 is 4.27. The molecule has 1 nitrogen and oxygen atoms in total. The lowest BCUT2D eigenvalue weighted by Crippen LogP contribution is -2.19. The van der Waals surface area contributed by atoms with Gasteiger partial charge in [-0.1, -0.05) is 23.8 Å². The number of ether oxygens (including phenoxy) is 1. The highest BCUT2D eigenvalue weighted by molar-refractivity contribution is 7.83. The van der Waals surface area contributed by atoms with E-state index >= 15 is 0 Å². The van der Waals surface area contributed by atoms with Crippen molar-refractivity contribution < 1.29 is 4.74 Å². The quantitative estimate of drug-likeness (QED) is 0.315. The minimum Gasteiger partial charge on any atom is -0.346 e. The first-order valence-corrected chi connectivity index (χ1v) is 3.23. The second kappa shape index (κ2) is 2.29. The molecule has 0 spiro atoms. The van der Waals surface area contributed by atoms with Gasteiger partial charge in [0.2, 0.25) is 0 Å². The summed E-state index contributed by atoms with van der Waals surface area (Å²) >= 11 is 9.67. The maximum atomic E-state index is 5.66. The Hall–Kier alpha value is 0.340. The third-order valence-corrected chi connectivity index (χ3v) is 1.51. The average molecular weight is 151 g/mol. The molecule has 8 heavy (non-hydrogen) atoms. The molecule has 0 aromatic rings. The van der Waals surface area contributed by atoms with E-state index in [1.54, 1.807) is 0 Å². The predicted molar refractivity (Wildman–Crippen MR) is 37.3 cm³/mol. The molecule has 1 heterocycles. The molecule has 0 fully saturated rings. The largest absolute Gasteiger partial charge is 0.346 e. The molecule has 1 unspecified atom stereocenters. The van der Waals surface area contributed by atoms with Crippen LogP contribution in [0.1, 0.15) is 6.42 Å². The smallest absolute Gasteiger partial charge is 0.189 e. The molecule has 0 radical (unpaired) electrons. The molecule has 3 heteroatoms. The topological polar surface area (TPSA) is 9.23 Å². The van der Waals surface area contributed by atoms with Gasteiger partial charge in [0.05, 0.1) is 6.61 Å². The van der Waals surface area contributed by atoms with E-state index in [0.717, 1.165) is 0 Å². The third-order valence-electron chi connectivity index (χ3n) is 0.937. The van der Waals surface area contributed by atoms with Crippen molar-refractivity contribution in [1.82, 2.24) is 0 Å². The van der Waals surface area contributed by atoms with Gasteiger partial charge in [-0.15, -0.1) is 12.6 Å². The van der Waals surface area contributed by atoms with Gasteiger partial charge in [-0.05, 0) is 0 Å². The van der Waals surface area contributed by atoms with E-state index in [1.165, 1.54) is 0 Å². The number of hydrogen-bond acceptors (Lipinski definition) is 2. The number of thiol groups is 1. The van der Waals surface area contributed by atoms with E-state index in [1.807, 2.05) is 12.2 Å². The Balaban J connectivity index is 2.50. The summed E-state index contributed by atoms with van der Waals surface area (Å²) in [6.45, 7) is 0.576. The van der Waals surface area contributed by atoms with E-state index in [0.29, 0.717) is 13.0 Å². The highest BCUT2D eigenvalue weighted by atomic mass is 35.5. The van der Waals surface area contributed by atoms with E-state index in [4.69, 9.17) is 16.3 Å². The van der Waals surface area contributed by atoms with Crippen LogP contribution < -0.4 is 0 Å². The van der Waals surface area contributed by atoms with Gasteiger partial charge in [0.15, 0.2) is 4.39 Å². The zero-order chi connectivity index (χ0) is 6.04. The van der Waals surface area contributed by atoms with Gasteiger partial charge in [0, 0.05) is 6.42 Å². The fourth-order valence-electron chi connectivity index (χ4n) is 0.531. The lowest BCUT2D eigenvalue weighted by atomic mass is 10.3. The molecule has 1 atom stereocenters. The summed E-state index contributed by atoms with van der Waals surface area (Å²) in [5, 5.41) is 0. The Bertz CT molecular complexity index is 111. The van der Waals surface area contributed by atoms with Gasteiger partial charge in [0.1, 0.15) is 0 Å². The fourth-order valence-corrected chi connectivity index (χ4v) is 0.863. The molecule has 1 aliphatic rings. The Labute approximate surface area is 59.1 Å². The summed E-state index contributed by atoms with van der Waals surface area (Å²) in [7, 11) is 0. The maximum absolute atomic E-state index is 5.66. The summed E-state index contributed by atoms with van der Waals surface area (Å²) in [6, 6.07) is 0.